The van der Waals surface area contributed by atoms with E-state index in [1.54, 1.807) is 12.1 Å². The number of hydrogen-bond acceptors (Lipinski definition) is 3. The molecule has 0 aromatic heterocycles. The van der Waals surface area contributed by atoms with Gasteiger partial charge in [0.25, 0.3) is 0 Å². The van der Waals surface area contributed by atoms with Crippen LogP contribution in [0.15, 0.2) is 23.2 Å². The maximum atomic E-state index is 11.8. The molecule has 0 atom stereocenters. The molecule has 0 spiro atoms. The summed E-state index contributed by atoms with van der Waals surface area (Å²) in [5.74, 6) is 0.871. The summed E-state index contributed by atoms with van der Waals surface area (Å²) in [7, 11) is -3.06. The number of hydrogen-bond donors (Lipinski definition) is 2. The Balaban J connectivity index is 0.00000312. The molecule has 1 aromatic carbocycles. The summed E-state index contributed by atoms with van der Waals surface area (Å²) in [6.45, 7) is 4.62. The number of nitrogens with one attached hydrogen (secondary N) is 2. The lowest BCUT2D eigenvalue weighted by atomic mass is 10.2. The van der Waals surface area contributed by atoms with Gasteiger partial charge in [-0.3, -0.25) is 0 Å². The number of rotatable bonds is 6. The van der Waals surface area contributed by atoms with Crippen LogP contribution in [0.3, 0.4) is 0 Å². The highest BCUT2D eigenvalue weighted by molar-refractivity contribution is 14.0. The molecule has 0 amide bonds. The molecule has 25 heavy (non-hydrogen) atoms. The highest BCUT2D eigenvalue weighted by Gasteiger charge is 2.27. The third kappa shape index (κ3) is 7.09. The summed E-state index contributed by atoms with van der Waals surface area (Å²) >= 11 is 12.0. The zero-order chi connectivity index (χ0) is 17.6. The number of aliphatic imine (C=N–C) groups is 1. The van der Waals surface area contributed by atoms with Crippen molar-refractivity contribution in [2.45, 2.75) is 19.9 Å². The fourth-order valence-electron chi connectivity index (χ4n) is 2.40. The first-order chi connectivity index (χ1) is 11.4. The van der Waals surface area contributed by atoms with Gasteiger partial charge in [0.05, 0.1) is 12.3 Å². The summed E-state index contributed by atoms with van der Waals surface area (Å²) < 4.78 is 25.0. The van der Waals surface area contributed by atoms with E-state index in [2.05, 4.69) is 15.6 Å². The topological polar surface area (TPSA) is 73.8 Å². The molecule has 0 bridgehead atoms. The molecule has 0 radical (unpaired) electrons. The molecule has 0 saturated carbocycles. The standard InChI is InChI=1S/C15H22Cl2N4O2S.HI/c1-2-18-15(19-6-8-21-7-3-9-24(21,22)23)20-11-12-4-5-13(16)10-14(12)17;/h4-5,10H,2-3,6-9,11H2,1H3,(H2,18,19,20);1H. The largest absolute Gasteiger partial charge is 0.357 e. The van der Waals surface area contributed by atoms with Crippen molar-refractivity contribution < 1.29 is 8.42 Å². The Hall–Kier alpha value is -0.290. The van der Waals surface area contributed by atoms with Crippen LogP contribution in [-0.4, -0.2) is 50.6 Å². The average Bonchev–Trinajstić information content (AvgIpc) is 2.85. The third-order valence-electron chi connectivity index (χ3n) is 3.62. The Kier molecular flexibility index (Phi) is 9.79. The van der Waals surface area contributed by atoms with Crippen LogP contribution in [-0.2, 0) is 16.6 Å². The van der Waals surface area contributed by atoms with Gasteiger partial charge < -0.3 is 10.6 Å². The number of nitrogens with zero attached hydrogens (tertiary/aromatic N) is 2. The molecule has 10 heteroatoms. The van der Waals surface area contributed by atoms with Gasteiger partial charge in [0.2, 0.25) is 10.0 Å². The molecule has 6 nitrogen and oxygen atoms in total. The molecule has 1 heterocycles. The van der Waals surface area contributed by atoms with Crippen molar-refractivity contribution >= 4 is 63.2 Å². The van der Waals surface area contributed by atoms with Gasteiger partial charge in [-0.1, -0.05) is 29.3 Å². The highest BCUT2D eigenvalue weighted by Crippen LogP contribution is 2.21. The van der Waals surface area contributed by atoms with Crippen LogP contribution in [0.2, 0.25) is 10.0 Å². The Morgan fingerprint density at radius 2 is 2.08 bits per heavy atom. The summed E-state index contributed by atoms with van der Waals surface area (Å²) in [4.78, 5) is 4.47. The van der Waals surface area contributed by atoms with E-state index in [1.807, 2.05) is 13.0 Å². The maximum Gasteiger partial charge on any atom is 0.214 e. The molecule has 142 valence electrons. The predicted octanol–water partition coefficient (Wildman–Crippen LogP) is 2.70. The van der Waals surface area contributed by atoms with E-state index in [4.69, 9.17) is 23.2 Å². The first-order valence-electron chi connectivity index (χ1n) is 7.86. The quantitative estimate of drug-likeness (QED) is 0.343. The zero-order valence-corrected chi connectivity index (χ0v) is 18.6. The lowest BCUT2D eigenvalue weighted by Crippen LogP contribution is -2.42. The van der Waals surface area contributed by atoms with Gasteiger partial charge in [0.1, 0.15) is 0 Å². The van der Waals surface area contributed by atoms with Crippen LogP contribution < -0.4 is 10.6 Å². The van der Waals surface area contributed by atoms with E-state index >= 15 is 0 Å². The van der Waals surface area contributed by atoms with Crippen LogP contribution in [0.5, 0.6) is 0 Å². The molecule has 2 N–H and O–H groups in total. The number of halogens is 3. The van der Waals surface area contributed by atoms with Crippen molar-refractivity contribution in [1.82, 2.24) is 14.9 Å². The van der Waals surface area contributed by atoms with Gasteiger partial charge in [-0.2, -0.15) is 0 Å². The molecule has 1 aromatic rings. The van der Waals surface area contributed by atoms with E-state index in [0.29, 0.717) is 55.1 Å². The summed E-state index contributed by atoms with van der Waals surface area (Å²) in [5, 5.41) is 7.44. The molecule has 1 fully saturated rings. The summed E-state index contributed by atoms with van der Waals surface area (Å²) in [6.07, 6.45) is 0.700. The summed E-state index contributed by atoms with van der Waals surface area (Å²) in [5.41, 5.74) is 0.875. The van der Waals surface area contributed by atoms with Crippen molar-refractivity contribution in [1.29, 1.82) is 0 Å². The predicted molar refractivity (Wildman–Crippen MR) is 115 cm³/mol. The minimum atomic E-state index is -3.06. The lowest BCUT2D eigenvalue weighted by molar-refractivity contribution is 0.445. The number of benzene rings is 1. The minimum absolute atomic E-state index is 0. The van der Waals surface area contributed by atoms with Crippen LogP contribution in [0.4, 0.5) is 0 Å². The Bertz CT molecular complexity index is 701. The molecule has 1 saturated heterocycles. The van der Waals surface area contributed by atoms with Crippen molar-refractivity contribution in [3.05, 3.63) is 33.8 Å². The van der Waals surface area contributed by atoms with E-state index < -0.39 is 10.0 Å². The second kappa shape index (κ2) is 10.8. The first kappa shape index (κ1) is 22.8. The number of guanidine groups is 1. The van der Waals surface area contributed by atoms with Gasteiger partial charge >= 0.3 is 0 Å². The lowest BCUT2D eigenvalue weighted by Gasteiger charge is -2.16. The van der Waals surface area contributed by atoms with Gasteiger partial charge in [0, 0.05) is 36.2 Å². The van der Waals surface area contributed by atoms with Crippen molar-refractivity contribution in [3.8, 4) is 0 Å². The van der Waals surface area contributed by atoms with Crippen molar-refractivity contribution in [2.75, 3.05) is 31.9 Å². The van der Waals surface area contributed by atoms with Crippen LogP contribution >= 0.6 is 47.2 Å². The van der Waals surface area contributed by atoms with Gasteiger partial charge in [0.15, 0.2) is 5.96 Å². The molecule has 1 aliphatic rings. The van der Waals surface area contributed by atoms with E-state index in [9.17, 15) is 8.42 Å². The normalized spacial score (nSPS) is 17.2. The maximum absolute atomic E-state index is 11.8. The van der Waals surface area contributed by atoms with Gasteiger partial charge in [-0.25, -0.2) is 17.7 Å². The van der Waals surface area contributed by atoms with E-state index in [1.165, 1.54) is 4.31 Å². The molecule has 1 aliphatic heterocycles. The summed E-state index contributed by atoms with van der Waals surface area (Å²) in [6, 6.07) is 5.30. The monoisotopic (exact) mass is 520 g/mol. The second-order valence-corrected chi connectivity index (χ2v) is 8.36. The Morgan fingerprint density at radius 1 is 1.32 bits per heavy atom. The smallest absolute Gasteiger partial charge is 0.214 e. The first-order valence-corrected chi connectivity index (χ1v) is 10.2. The molecule has 0 aliphatic carbocycles. The SMILES string of the molecule is CCNC(=NCc1ccc(Cl)cc1Cl)NCCN1CCCS1(=O)=O.I. The van der Waals surface area contributed by atoms with Crippen molar-refractivity contribution in [3.63, 3.8) is 0 Å². The Morgan fingerprint density at radius 3 is 2.68 bits per heavy atom. The van der Waals surface area contributed by atoms with Gasteiger partial charge in [-0.05, 0) is 31.0 Å². The van der Waals surface area contributed by atoms with E-state index in [0.717, 1.165) is 5.56 Å². The fraction of sp³-hybridized carbons (Fsp3) is 0.533. The Labute approximate surface area is 176 Å². The third-order valence-corrected chi connectivity index (χ3v) is 6.17. The average molecular weight is 521 g/mol. The number of sulfonamides is 1. The molecule has 0 unspecified atom stereocenters. The van der Waals surface area contributed by atoms with Crippen LogP contribution in [0.25, 0.3) is 0 Å². The second-order valence-electron chi connectivity index (χ2n) is 5.43. The molecular formula is C15H23Cl2IN4O2S. The minimum Gasteiger partial charge on any atom is -0.357 e. The van der Waals surface area contributed by atoms with E-state index in [-0.39, 0.29) is 29.7 Å². The zero-order valence-electron chi connectivity index (χ0n) is 14.0. The molecular weight excluding hydrogens is 498 g/mol. The fourth-order valence-corrected chi connectivity index (χ4v) is 4.39. The molecule has 2 rings (SSSR count). The van der Waals surface area contributed by atoms with Crippen LogP contribution in [0, 0.1) is 0 Å². The van der Waals surface area contributed by atoms with Crippen LogP contribution in [0.1, 0.15) is 18.9 Å². The highest BCUT2D eigenvalue weighted by atomic mass is 127. The van der Waals surface area contributed by atoms with Gasteiger partial charge in [-0.15, -0.1) is 24.0 Å². The van der Waals surface area contributed by atoms with Crippen molar-refractivity contribution in [2.24, 2.45) is 4.99 Å².